The topological polar surface area (TPSA) is 122 Å². The van der Waals surface area contributed by atoms with Crippen LogP contribution in [0.5, 0.6) is 0 Å². The van der Waals surface area contributed by atoms with Gasteiger partial charge in [-0.15, -0.1) is 0 Å². The Labute approximate surface area is 174 Å². The molecule has 30 heavy (non-hydrogen) atoms. The number of amides is 2. The van der Waals surface area contributed by atoms with Gasteiger partial charge in [-0.25, -0.2) is 13.4 Å². The van der Waals surface area contributed by atoms with Crippen molar-refractivity contribution in [1.29, 1.82) is 0 Å². The van der Waals surface area contributed by atoms with E-state index < -0.39 is 15.9 Å². The minimum absolute atomic E-state index is 0.0887. The monoisotopic (exact) mass is 429 g/mol. The number of fused-ring (bicyclic) bond motifs is 1. The number of hydrogen-bond acceptors (Lipinski definition) is 5. The largest absolute Gasteiger partial charge is 0.345 e. The molecule has 0 radical (unpaired) electrons. The molecule has 0 saturated heterocycles. The number of rotatable bonds is 7. The first-order valence-corrected chi connectivity index (χ1v) is 11.2. The number of aromatic nitrogens is 2. The predicted molar refractivity (Wildman–Crippen MR) is 116 cm³/mol. The molecule has 0 atom stereocenters. The maximum atomic E-state index is 12.9. The van der Waals surface area contributed by atoms with E-state index in [-0.39, 0.29) is 23.7 Å². The quantitative estimate of drug-likeness (QED) is 0.532. The molecule has 2 aromatic carbocycles. The zero-order valence-electron chi connectivity index (χ0n) is 16.9. The van der Waals surface area contributed by atoms with Crippen LogP contribution < -0.4 is 15.4 Å². The molecule has 0 bridgehead atoms. The average molecular weight is 430 g/mol. The summed E-state index contributed by atoms with van der Waals surface area (Å²) in [6.45, 7) is 4.18. The second kappa shape index (κ2) is 8.54. The van der Waals surface area contributed by atoms with E-state index >= 15 is 0 Å². The van der Waals surface area contributed by atoms with Gasteiger partial charge in [-0.3, -0.25) is 14.3 Å². The van der Waals surface area contributed by atoms with Crippen LogP contribution in [-0.2, 0) is 27.9 Å². The van der Waals surface area contributed by atoms with Crippen molar-refractivity contribution >= 4 is 44.2 Å². The zero-order valence-corrected chi connectivity index (χ0v) is 17.7. The molecule has 10 heteroatoms. The first-order chi connectivity index (χ1) is 14.2. The normalized spacial score (nSPS) is 11.3. The van der Waals surface area contributed by atoms with Gasteiger partial charge in [0, 0.05) is 19.2 Å². The summed E-state index contributed by atoms with van der Waals surface area (Å²) >= 11 is 0. The van der Waals surface area contributed by atoms with E-state index in [4.69, 9.17) is 0 Å². The minimum atomic E-state index is -3.60. The summed E-state index contributed by atoms with van der Waals surface area (Å²) in [5.74, 6) is -0.118. The van der Waals surface area contributed by atoms with Crippen molar-refractivity contribution in [1.82, 2.24) is 14.9 Å². The standard InChI is InChI=1S/C20H23N5O4S/c1-4-25-18-8-6-5-7-17(18)23-19(25)12-21-20(27)15-11-14(22-13(2)26)9-10-16(15)24-30(3,28)29/h5-11,24H,4,12H2,1-3H3,(H,21,27)(H,22,26). The summed E-state index contributed by atoms with van der Waals surface area (Å²) in [4.78, 5) is 28.8. The van der Waals surface area contributed by atoms with Crippen LogP contribution in [0.2, 0.25) is 0 Å². The summed E-state index contributed by atoms with van der Waals surface area (Å²) in [7, 11) is -3.60. The summed E-state index contributed by atoms with van der Waals surface area (Å²) < 4.78 is 27.7. The zero-order chi connectivity index (χ0) is 21.9. The molecule has 0 aliphatic carbocycles. The Hall–Kier alpha value is -3.40. The van der Waals surface area contributed by atoms with Gasteiger partial charge < -0.3 is 15.2 Å². The van der Waals surface area contributed by atoms with Crippen molar-refractivity contribution < 1.29 is 18.0 Å². The summed E-state index contributed by atoms with van der Waals surface area (Å²) in [5.41, 5.74) is 2.39. The van der Waals surface area contributed by atoms with Crippen LogP contribution in [0.25, 0.3) is 11.0 Å². The van der Waals surface area contributed by atoms with Crippen molar-refractivity contribution in [3.63, 3.8) is 0 Å². The Bertz CT molecular complexity index is 1220. The Balaban J connectivity index is 1.89. The first kappa shape index (κ1) is 21.3. The maximum absolute atomic E-state index is 12.9. The van der Waals surface area contributed by atoms with E-state index in [0.29, 0.717) is 18.1 Å². The second-order valence-electron chi connectivity index (χ2n) is 6.76. The maximum Gasteiger partial charge on any atom is 0.253 e. The van der Waals surface area contributed by atoms with Gasteiger partial charge >= 0.3 is 0 Å². The Morgan fingerprint density at radius 1 is 1.13 bits per heavy atom. The van der Waals surface area contributed by atoms with Gasteiger partial charge in [-0.2, -0.15) is 0 Å². The van der Waals surface area contributed by atoms with Crippen molar-refractivity contribution in [2.75, 3.05) is 16.3 Å². The summed E-state index contributed by atoms with van der Waals surface area (Å²) in [6, 6.07) is 12.1. The number of hydrogen-bond donors (Lipinski definition) is 3. The fourth-order valence-corrected chi connectivity index (χ4v) is 3.75. The average Bonchev–Trinajstić information content (AvgIpc) is 3.03. The Morgan fingerprint density at radius 3 is 2.53 bits per heavy atom. The number of imidazole rings is 1. The number of sulfonamides is 1. The van der Waals surface area contributed by atoms with E-state index in [1.807, 2.05) is 35.8 Å². The van der Waals surface area contributed by atoms with Crippen LogP contribution in [0.15, 0.2) is 42.5 Å². The highest BCUT2D eigenvalue weighted by molar-refractivity contribution is 7.92. The number of anilines is 2. The number of benzene rings is 2. The summed E-state index contributed by atoms with van der Waals surface area (Å²) in [6.07, 6.45) is 1.00. The molecule has 2 amide bonds. The van der Waals surface area contributed by atoms with Gasteiger partial charge in [-0.1, -0.05) is 12.1 Å². The molecular formula is C20H23N5O4S. The molecule has 0 aliphatic rings. The van der Waals surface area contributed by atoms with Gasteiger partial charge in [0.2, 0.25) is 15.9 Å². The number of aryl methyl sites for hydroxylation is 1. The van der Waals surface area contributed by atoms with Crippen LogP contribution in [0, 0.1) is 0 Å². The van der Waals surface area contributed by atoms with Gasteiger partial charge in [0.15, 0.2) is 0 Å². The number of para-hydroxylation sites is 2. The number of nitrogens with zero attached hydrogens (tertiary/aromatic N) is 2. The third-order valence-corrected chi connectivity index (χ3v) is 4.93. The van der Waals surface area contributed by atoms with Crippen molar-refractivity contribution in [2.45, 2.75) is 26.9 Å². The van der Waals surface area contributed by atoms with Gasteiger partial charge in [0.05, 0.1) is 35.1 Å². The highest BCUT2D eigenvalue weighted by Crippen LogP contribution is 2.22. The molecule has 1 heterocycles. The van der Waals surface area contributed by atoms with Crippen LogP contribution in [0.1, 0.15) is 30.0 Å². The lowest BCUT2D eigenvalue weighted by atomic mass is 10.1. The Kier molecular flexibility index (Phi) is 6.06. The molecule has 0 saturated carbocycles. The number of carbonyl (C=O) groups is 2. The van der Waals surface area contributed by atoms with Gasteiger partial charge in [0.1, 0.15) is 5.82 Å². The van der Waals surface area contributed by atoms with Gasteiger partial charge in [-0.05, 0) is 37.3 Å². The number of carbonyl (C=O) groups excluding carboxylic acids is 2. The number of nitrogens with one attached hydrogen (secondary N) is 3. The van der Waals surface area contributed by atoms with Crippen molar-refractivity contribution in [3.05, 3.63) is 53.9 Å². The third kappa shape index (κ3) is 4.95. The second-order valence-corrected chi connectivity index (χ2v) is 8.51. The molecule has 3 rings (SSSR count). The molecule has 0 aliphatic heterocycles. The minimum Gasteiger partial charge on any atom is -0.345 e. The molecule has 0 fully saturated rings. The molecule has 9 nitrogen and oxygen atoms in total. The lowest BCUT2D eigenvalue weighted by molar-refractivity contribution is -0.114. The highest BCUT2D eigenvalue weighted by atomic mass is 32.2. The van der Waals surface area contributed by atoms with Crippen LogP contribution in [0.3, 0.4) is 0 Å². The van der Waals surface area contributed by atoms with Crippen LogP contribution >= 0.6 is 0 Å². The highest BCUT2D eigenvalue weighted by Gasteiger charge is 2.17. The molecule has 0 spiro atoms. The van der Waals surface area contributed by atoms with E-state index in [0.717, 1.165) is 17.3 Å². The van der Waals surface area contributed by atoms with Crippen LogP contribution in [-0.4, -0.2) is 36.0 Å². The Morgan fingerprint density at radius 2 is 1.87 bits per heavy atom. The smallest absolute Gasteiger partial charge is 0.253 e. The van der Waals surface area contributed by atoms with E-state index in [9.17, 15) is 18.0 Å². The predicted octanol–water partition coefficient (Wildman–Crippen LogP) is 2.32. The SMILES string of the molecule is CCn1c(CNC(=O)c2cc(NC(C)=O)ccc2NS(C)(=O)=O)nc2ccccc21. The molecule has 3 N–H and O–H groups in total. The van der Waals surface area contributed by atoms with Crippen LogP contribution in [0.4, 0.5) is 11.4 Å². The molecular weight excluding hydrogens is 406 g/mol. The van der Waals surface area contributed by atoms with E-state index in [1.165, 1.54) is 25.1 Å². The van der Waals surface area contributed by atoms with E-state index in [1.54, 1.807) is 0 Å². The lowest BCUT2D eigenvalue weighted by Gasteiger charge is -2.13. The third-order valence-electron chi connectivity index (χ3n) is 4.34. The molecule has 0 unspecified atom stereocenters. The fourth-order valence-electron chi connectivity index (χ4n) is 3.17. The lowest BCUT2D eigenvalue weighted by Crippen LogP contribution is -2.26. The van der Waals surface area contributed by atoms with E-state index in [2.05, 4.69) is 20.3 Å². The molecule has 158 valence electrons. The first-order valence-electron chi connectivity index (χ1n) is 9.29. The molecule has 3 aromatic rings. The fraction of sp³-hybridized carbons (Fsp3) is 0.250. The summed E-state index contributed by atoms with van der Waals surface area (Å²) in [5, 5.41) is 5.38. The van der Waals surface area contributed by atoms with Crippen molar-refractivity contribution in [3.8, 4) is 0 Å². The molecule has 1 aromatic heterocycles. The van der Waals surface area contributed by atoms with Gasteiger partial charge in [0.25, 0.3) is 5.91 Å². The van der Waals surface area contributed by atoms with Crippen molar-refractivity contribution in [2.24, 2.45) is 0 Å².